The highest BCUT2D eigenvalue weighted by Gasteiger charge is 2.11. The summed E-state index contributed by atoms with van der Waals surface area (Å²) in [6.07, 6.45) is 4.42. The predicted octanol–water partition coefficient (Wildman–Crippen LogP) is 6.53. The average molecular weight is 449 g/mol. The second-order valence-corrected chi connectivity index (χ2v) is 8.55. The van der Waals surface area contributed by atoms with E-state index in [1.165, 1.54) is 22.5 Å². The lowest BCUT2D eigenvalue weighted by Crippen LogP contribution is -2.10. The van der Waals surface area contributed by atoms with Gasteiger partial charge in [-0.2, -0.15) is 0 Å². The summed E-state index contributed by atoms with van der Waals surface area (Å²) in [5.41, 5.74) is 5.09. The van der Waals surface area contributed by atoms with Gasteiger partial charge in [0.1, 0.15) is 12.4 Å². The van der Waals surface area contributed by atoms with Gasteiger partial charge in [-0.05, 0) is 83.9 Å². The quantitative estimate of drug-likeness (QED) is 0.349. The summed E-state index contributed by atoms with van der Waals surface area (Å²) in [6.45, 7) is 2.35. The number of hydrogen-bond acceptors (Lipinski definition) is 4. The first-order valence-electron chi connectivity index (χ1n) is 9.82. The van der Waals surface area contributed by atoms with Crippen LogP contribution in [0.15, 0.2) is 78.4 Å². The molecule has 0 bridgehead atoms. The van der Waals surface area contributed by atoms with Gasteiger partial charge in [0.2, 0.25) is 0 Å². The summed E-state index contributed by atoms with van der Waals surface area (Å²) >= 11 is 7.39. The third-order valence-electron chi connectivity index (χ3n) is 4.78. The van der Waals surface area contributed by atoms with Crippen LogP contribution >= 0.6 is 22.9 Å². The molecule has 0 aliphatic carbocycles. The van der Waals surface area contributed by atoms with Gasteiger partial charge >= 0.3 is 0 Å². The number of anilines is 1. The van der Waals surface area contributed by atoms with Gasteiger partial charge in [0, 0.05) is 28.7 Å². The topological polar surface area (TPSA) is 51.2 Å². The fraction of sp³-hybridized carbons (Fsp3) is 0.120. The highest BCUT2D eigenvalue weighted by Crippen LogP contribution is 2.24. The van der Waals surface area contributed by atoms with Crippen molar-refractivity contribution in [3.05, 3.63) is 111 Å². The molecule has 0 unspecified atom stereocenters. The number of halogens is 1. The third kappa shape index (κ3) is 5.72. The van der Waals surface area contributed by atoms with E-state index in [-0.39, 0.29) is 5.91 Å². The Morgan fingerprint density at radius 2 is 1.74 bits per heavy atom. The molecule has 0 aliphatic rings. The van der Waals surface area contributed by atoms with Crippen LogP contribution in [-0.4, -0.2) is 10.9 Å². The lowest BCUT2D eigenvalue weighted by atomic mass is 10.1. The van der Waals surface area contributed by atoms with Gasteiger partial charge in [-0.25, -0.2) is 0 Å². The number of benzene rings is 2. The van der Waals surface area contributed by atoms with Crippen LogP contribution in [0.25, 0.3) is 0 Å². The predicted molar refractivity (Wildman–Crippen MR) is 126 cm³/mol. The normalized spacial score (nSPS) is 10.6. The number of rotatable bonds is 7. The van der Waals surface area contributed by atoms with E-state index in [2.05, 4.69) is 10.3 Å². The first-order valence-corrected chi connectivity index (χ1v) is 11.1. The number of nitrogens with one attached hydrogen (secondary N) is 1. The number of thiophene rings is 1. The van der Waals surface area contributed by atoms with Gasteiger partial charge in [-0.3, -0.25) is 9.78 Å². The SMILES string of the molecule is Cc1cc(Cl)ccc1OCc1csc(C(=O)Nc2ccc(Cc3ccncc3)cc2)c1. The zero-order valence-electron chi connectivity index (χ0n) is 17.0. The Morgan fingerprint density at radius 1 is 1.00 bits per heavy atom. The fourth-order valence-electron chi connectivity index (χ4n) is 3.14. The molecule has 4 rings (SSSR count). The van der Waals surface area contributed by atoms with Crippen LogP contribution in [-0.2, 0) is 13.0 Å². The molecule has 1 N–H and O–H groups in total. The Labute approximate surface area is 190 Å². The number of hydrogen-bond donors (Lipinski definition) is 1. The van der Waals surface area contributed by atoms with Crippen LogP contribution in [0.1, 0.15) is 31.9 Å². The highest BCUT2D eigenvalue weighted by molar-refractivity contribution is 7.12. The van der Waals surface area contributed by atoms with Gasteiger partial charge in [-0.1, -0.05) is 23.7 Å². The maximum Gasteiger partial charge on any atom is 0.265 e. The monoisotopic (exact) mass is 448 g/mol. The number of aryl methyl sites for hydroxylation is 1. The largest absolute Gasteiger partial charge is 0.489 e. The number of amides is 1. The minimum atomic E-state index is -0.124. The van der Waals surface area contributed by atoms with Gasteiger partial charge < -0.3 is 10.1 Å². The Kier molecular flexibility index (Phi) is 6.65. The molecular weight excluding hydrogens is 428 g/mol. The molecule has 0 fully saturated rings. The molecule has 2 heterocycles. The van der Waals surface area contributed by atoms with E-state index in [0.717, 1.165) is 29.0 Å². The van der Waals surface area contributed by atoms with E-state index in [0.29, 0.717) is 16.5 Å². The molecule has 2 aromatic heterocycles. The Hall–Kier alpha value is -3.15. The summed E-state index contributed by atoms with van der Waals surface area (Å²) < 4.78 is 5.86. The molecule has 4 aromatic rings. The van der Waals surface area contributed by atoms with Crippen molar-refractivity contribution in [3.63, 3.8) is 0 Å². The second-order valence-electron chi connectivity index (χ2n) is 7.20. The molecule has 0 saturated carbocycles. The Bertz CT molecular complexity index is 1170. The summed E-state index contributed by atoms with van der Waals surface area (Å²) in [4.78, 5) is 17.3. The molecule has 0 spiro atoms. The molecule has 0 atom stereocenters. The van der Waals surface area contributed by atoms with Crippen molar-refractivity contribution in [2.75, 3.05) is 5.32 Å². The van der Waals surface area contributed by atoms with Gasteiger partial charge in [-0.15, -0.1) is 11.3 Å². The minimum absolute atomic E-state index is 0.124. The zero-order chi connectivity index (χ0) is 21.6. The molecule has 0 aliphatic heterocycles. The molecule has 0 radical (unpaired) electrons. The van der Waals surface area contributed by atoms with Crippen molar-refractivity contribution in [3.8, 4) is 5.75 Å². The molecule has 2 aromatic carbocycles. The number of nitrogens with zero attached hydrogens (tertiary/aromatic N) is 1. The van der Waals surface area contributed by atoms with E-state index in [4.69, 9.17) is 16.3 Å². The lowest BCUT2D eigenvalue weighted by Gasteiger charge is -2.08. The van der Waals surface area contributed by atoms with Crippen molar-refractivity contribution in [1.82, 2.24) is 4.98 Å². The molecule has 31 heavy (non-hydrogen) atoms. The minimum Gasteiger partial charge on any atom is -0.489 e. The van der Waals surface area contributed by atoms with E-state index in [1.807, 2.05) is 66.9 Å². The van der Waals surface area contributed by atoms with E-state index in [1.54, 1.807) is 18.5 Å². The van der Waals surface area contributed by atoms with Crippen LogP contribution in [0.3, 0.4) is 0 Å². The number of ether oxygens (including phenoxy) is 1. The Balaban J connectivity index is 1.33. The lowest BCUT2D eigenvalue weighted by molar-refractivity contribution is 0.103. The van der Waals surface area contributed by atoms with Crippen molar-refractivity contribution < 1.29 is 9.53 Å². The number of carbonyl (C=O) groups is 1. The second kappa shape index (κ2) is 9.77. The first kappa shape index (κ1) is 21.1. The van der Waals surface area contributed by atoms with Crippen LogP contribution in [0.5, 0.6) is 5.75 Å². The Morgan fingerprint density at radius 3 is 2.48 bits per heavy atom. The molecule has 0 saturated heterocycles. The number of carbonyl (C=O) groups excluding carboxylic acids is 1. The molecular formula is C25H21ClN2O2S. The van der Waals surface area contributed by atoms with Gasteiger partial charge in [0.05, 0.1) is 4.88 Å². The molecule has 4 nitrogen and oxygen atoms in total. The van der Waals surface area contributed by atoms with Gasteiger partial charge in [0.15, 0.2) is 0 Å². The van der Waals surface area contributed by atoms with Crippen LogP contribution in [0, 0.1) is 6.92 Å². The van der Waals surface area contributed by atoms with Crippen molar-refractivity contribution in [2.45, 2.75) is 20.0 Å². The number of aromatic nitrogens is 1. The van der Waals surface area contributed by atoms with Crippen LogP contribution in [0.2, 0.25) is 5.02 Å². The third-order valence-corrected chi connectivity index (χ3v) is 5.99. The standard InChI is InChI=1S/C25H21ClN2O2S/c1-17-12-21(26)4-7-23(17)30-15-20-14-24(31-16-20)25(29)28-22-5-2-18(3-6-22)13-19-8-10-27-11-9-19/h2-12,14,16H,13,15H2,1H3,(H,28,29). The van der Waals surface area contributed by atoms with Crippen molar-refractivity contribution >= 4 is 34.5 Å². The smallest absolute Gasteiger partial charge is 0.265 e. The van der Waals surface area contributed by atoms with Crippen molar-refractivity contribution in [1.29, 1.82) is 0 Å². The fourth-order valence-corrected chi connectivity index (χ4v) is 4.16. The molecule has 6 heteroatoms. The molecule has 1 amide bonds. The van der Waals surface area contributed by atoms with E-state index < -0.39 is 0 Å². The number of pyridine rings is 1. The summed E-state index contributed by atoms with van der Waals surface area (Å²) in [6, 6.07) is 19.3. The summed E-state index contributed by atoms with van der Waals surface area (Å²) in [5, 5.41) is 5.59. The zero-order valence-corrected chi connectivity index (χ0v) is 18.5. The van der Waals surface area contributed by atoms with Gasteiger partial charge in [0.25, 0.3) is 5.91 Å². The van der Waals surface area contributed by atoms with Crippen LogP contribution < -0.4 is 10.1 Å². The summed E-state index contributed by atoms with van der Waals surface area (Å²) in [5.74, 6) is 0.661. The molecule has 156 valence electrons. The maximum absolute atomic E-state index is 12.6. The maximum atomic E-state index is 12.6. The summed E-state index contributed by atoms with van der Waals surface area (Å²) in [7, 11) is 0. The van der Waals surface area contributed by atoms with Crippen molar-refractivity contribution in [2.24, 2.45) is 0 Å². The average Bonchev–Trinajstić information content (AvgIpc) is 3.25. The van der Waals surface area contributed by atoms with Crippen LogP contribution in [0.4, 0.5) is 5.69 Å². The van der Waals surface area contributed by atoms with E-state index in [9.17, 15) is 4.79 Å². The first-order chi connectivity index (χ1) is 15.1. The highest BCUT2D eigenvalue weighted by atomic mass is 35.5. The van der Waals surface area contributed by atoms with E-state index >= 15 is 0 Å².